The number of thiophene rings is 1. The van der Waals surface area contributed by atoms with Crippen molar-refractivity contribution in [1.82, 2.24) is 5.32 Å². The maximum absolute atomic E-state index is 12.6. The van der Waals surface area contributed by atoms with Gasteiger partial charge in [-0.3, -0.25) is 4.79 Å². The summed E-state index contributed by atoms with van der Waals surface area (Å²) in [4.78, 5) is 13.2. The topological polar surface area (TPSA) is 29.1 Å². The molecule has 4 heteroatoms. The highest BCUT2D eigenvalue weighted by molar-refractivity contribution is 7.21. The number of carbonyl (C=O) groups excluding carboxylic acids is 1. The van der Waals surface area contributed by atoms with Crippen molar-refractivity contribution in [2.75, 3.05) is 0 Å². The minimum absolute atomic E-state index is 0.00465. The molecule has 0 saturated heterocycles. The van der Waals surface area contributed by atoms with Gasteiger partial charge in [0.25, 0.3) is 5.91 Å². The lowest BCUT2D eigenvalue weighted by molar-refractivity contribution is 0.0940. The fraction of sp³-hybridized carbons (Fsp3) is 0.167. The predicted molar refractivity (Wildman–Crippen MR) is 93.8 cm³/mol. The molecule has 1 unspecified atom stereocenters. The summed E-state index contributed by atoms with van der Waals surface area (Å²) in [5, 5.41) is 4.57. The Kier molecular flexibility index (Phi) is 4.46. The van der Waals surface area contributed by atoms with Gasteiger partial charge < -0.3 is 5.32 Å². The van der Waals surface area contributed by atoms with Crippen LogP contribution < -0.4 is 5.32 Å². The van der Waals surface area contributed by atoms with E-state index in [1.807, 2.05) is 54.6 Å². The summed E-state index contributed by atoms with van der Waals surface area (Å²) in [7, 11) is 0. The highest BCUT2D eigenvalue weighted by Gasteiger charge is 2.20. The van der Waals surface area contributed by atoms with Crippen LogP contribution in [0.15, 0.2) is 54.6 Å². The van der Waals surface area contributed by atoms with Crippen molar-refractivity contribution in [3.05, 3.63) is 70.1 Å². The molecule has 2 nitrogen and oxygen atoms in total. The molecule has 0 aliphatic carbocycles. The van der Waals surface area contributed by atoms with Gasteiger partial charge in [-0.1, -0.05) is 67.1 Å². The van der Waals surface area contributed by atoms with Crippen molar-refractivity contribution in [3.8, 4) is 0 Å². The molecule has 3 aromatic rings. The number of hydrogen-bond acceptors (Lipinski definition) is 2. The second kappa shape index (κ2) is 6.51. The molecule has 1 atom stereocenters. The first-order chi connectivity index (χ1) is 10.7. The number of amides is 1. The smallest absolute Gasteiger partial charge is 0.263 e. The fourth-order valence-corrected chi connectivity index (χ4v) is 3.91. The van der Waals surface area contributed by atoms with Gasteiger partial charge >= 0.3 is 0 Å². The van der Waals surface area contributed by atoms with Crippen LogP contribution in [0.1, 0.15) is 34.6 Å². The summed E-state index contributed by atoms with van der Waals surface area (Å²) < 4.78 is 1.03. The molecular formula is C18H16ClNOS. The van der Waals surface area contributed by atoms with E-state index in [9.17, 15) is 4.79 Å². The van der Waals surface area contributed by atoms with Crippen molar-refractivity contribution in [2.24, 2.45) is 0 Å². The van der Waals surface area contributed by atoms with E-state index in [0.29, 0.717) is 9.90 Å². The van der Waals surface area contributed by atoms with Gasteiger partial charge in [0.05, 0.1) is 11.1 Å². The number of benzene rings is 2. The number of hydrogen-bond donors (Lipinski definition) is 1. The lowest BCUT2D eigenvalue weighted by Crippen LogP contribution is -2.27. The molecule has 1 heterocycles. The lowest BCUT2D eigenvalue weighted by Gasteiger charge is -2.17. The molecule has 1 N–H and O–H groups in total. The Hall–Kier alpha value is -1.84. The highest BCUT2D eigenvalue weighted by Crippen LogP contribution is 2.35. The SMILES string of the molecule is CCC(NC(=O)c1sc2ccccc2c1Cl)c1ccccc1. The standard InChI is InChI=1S/C18H16ClNOS/c1-2-14(12-8-4-3-5-9-12)20-18(21)17-16(19)13-10-6-7-11-15(13)22-17/h3-11,14H,2H2,1H3,(H,20,21). The van der Waals surface area contributed by atoms with Crippen LogP contribution in [0, 0.1) is 0 Å². The zero-order valence-electron chi connectivity index (χ0n) is 12.2. The first-order valence-electron chi connectivity index (χ1n) is 7.23. The third kappa shape index (κ3) is 2.87. The largest absolute Gasteiger partial charge is 0.345 e. The zero-order chi connectivity index (χ0) is 15.5. The van der Waals surface area contributed by atoms with Gasteiger partial charge in [-0.2, -0.15) is 0 Å². The normalized spacial score (nSPS) is 12.3. The van der Waals surface area contributed by atoms with Gasteiger partial charge in [0.15, 0.2) is 0 Å². The Bertz CT molecular complexity index is 797. The minimum atomic E-state index is -0.109. The first kappa shape index (κ1) is 15.1. The molecule has 112 valence electrons. The lowest BCUT2D eigenvalue weighted by atomic mass is 10.0. The summed E-state index contributed by atoms with van der Waals surface area (Å²) in [6, 6.07) is 17.8. The molecule has 0 fully saturated rings. The molecule has 1 amide bonds. The Labute approximate surface area is 138 Å². The van der Waals surface area contributed by atoms with Crippen LogP contribution in [-0.4, -0.2) is 5.91 Å². The quantitative estimate of drug-likeness (QED) is 0.678. The van der Waals surface area contributed by atoms with Crippen LogP contribution in [0.3, 0.4) is 0 Å². The van der Waals surface area contributed by atoms with Crippen LogP contribution in [0.5, 0.6) is 0 Å². The predicted octanol–water partition coefficient (Wildman–Crippen LogP) is 5.44. The summed E-state index contributed by atoms with van der Waals surface area (Å²) in [5.74, 6) is -0.109. The third-order valence-corrected chi connectivity index (χ3v) is 5.33. The second-order valence-corrected chi connectivity index (χ2v) is 6.52. The molecule has 0 aliphatic heterocycles. The van der Waals surface area contributed by atoms with Crippen LogP contribution in [-0.2, 0) is 0 Å². The maximum atomic E-state index is 12.6. The number of halogens is 1. The fourth-order valence-electron chi connectivity index (χ4n) is 2.49. The van der Waals surface area contributed by atoms with E-state index < -0.39 is 0 Å². The van der Waals surface area contributed by atoms with Gasteiger partial charge in [-0.15, -0.1) is 11.3 Å². The minimum Gasteiger partial charge on any atom is -0.345 e. The summed E-state index contributed by atoms with van der Waals surface area (Å²) in [5.41, 5.74) is 1.11. The van der Waals surface area contributed by atoms with Gasteiger partial charge in [-0.05, 0) is 18.1 Å². The van der Waals surface area contributed by atoms with E-state index in [-0.39, 0.29) is 11.9 Å². The van der Waals surface area contributed by atoms with Crippen molar-refractivity contribution < 1.29 is 4.79 Å². The van der Waals surface area contributed by atoms with E-state index in [0.717, 1.165) is 22.1 Å². The van der Waals surface area contributed by atoms with E-state index in [4.69, 9.17) is 11.6 Å². The molecule has 0 bridgehead atoms. The van der Waals surface area contributed by atoms with Crippen LogP contribution in [0.25, 0.3) is 10.1 Å². The monoisotopic (exact) mass is 329 g/mol. The van der Waals surface area contributed by atoms with Crippen LogP contribution in [0.2, 0.25) is 5.02 Å². The van der Waals surface area contributed by atoms with Crippen molar-refractivity contribution in [2.45, 2.75) is 19.4 Å². The van der Waals surface area contributed by atoms with Crippen molar-refractivity contribution in [3.63, 3.8) is 0 Å². The van der Waals surface area contributed by atoms with E-state index in [1.54, 1.807) is 0 Å². The molecule has 0 aliphatic rings. The molecule has 2 aromatic carbocycles. The number of carbonyl (C=O) groups is 1. The highest BCUT2D eigenvalue weighted by atomic mass is 35.5. The van der Waals surface area contributed by atoms with E-state index in [1.165, 1.54) is 11.3 Å². The Morgan fingerprint density at radius 1 is 1.14 bits per heavy atom. The maximum Gasteiger partial charge on any atom is 0.263 e. The number of fused-ring (bicyclic) bond motifs is 1. The molecule has 0 spiro atoms. The van der Waals surface area contributed by atoms with Gasteiger partial charge in [-0.25, -0.2) is 0 Å². The molecular weight excluding hydrogens is 314 g/mol. The Morgan fingerprint density at radius 2 is 1.82 bits per heavy atom. The van der Waals surface area contributed by atoms with E-state index >= 15 is 0 Å². The molecule has 22 heavy (non-hydrogen) atoms. The summed E-state index contributed by atoms with van der Waals surface area (Å²) in [6.45, 7) is 2.06. The molecule has 0 radical (unpaired) electrons. The molecule has 0 saturated carbocycles. The van der Waals surface area contributed by atoms with E-state index in [2.05, 4.69) is 12.2 Å². The first-order valence-corrected chi connectivity index (χ1v) is 8.43. The summed E-state index contributed by atoms with van der Waals surface area (Å²) >= 11 is 7.81. The van der Waals surface area contributed by atoms with Crippen molar-refractivity contribution in [1.29, 1.82) is 0 Å². The molecule has 1 aromatic heterocycles. The number of rotatable bonds is 4. The van der Waals surface area contributed by atoms with Crippen LogP contribution in [0.4, 0.5) is 0 Å². The average molecular weight is 330 g/mol. The number of nitrogens with one attached hydrogen (secondary N) is 1. The van der Waals surface area contributed by atoms with Gasteiger partial charge in [0, 0.05) is 10.1 Å². The van der Waals surface area contributed by atoms with Crippen LogP contribution >= 0.6 is 22.9 Å². The Balaban J connectivity index is 1.88. The molecule has 3 rings (SSSR count). The average Bonchev–Trinajstić information content (AvgIpc) is 2.91. The Morgan fingerprint density at radius 3 is 2.50 bits per heavy atom. The second-order valence-electron chi connectivity index (χ2n) is 5.09. The van der Waals surface area contributed by atoms with Gasteiger partial charge in [0.1, 0.15) is 4.88 Å². The zero-order valence-corrected chi connectivity index (χ0v) is 13.7. The van der Waals surface area contributed by atoms with Gasteiger partial charge in [0.2, 0.25) is 0 Å². The third-order valence-electron chi connectivity index (χ3n) is 3.66. The summed E-state index contributed by atoms with van der Waals surface area (Å²) in [6.07, 6.45) is 0.832. The van der Waals surface area contributed by atoms with Crippen molar-refractivity contribution >= 4 is 38.9 Å².